The molecule has 1 atom stereocenters. The molecule has 2 heterocycles. The number of rotatable bonds is 8. The molecule has 1 aromatic heterocycles. The fourth-order valence-electron chi connectivity index (χ4n) is 3.16. The minimum absolute atomic E-state index is 0.178. The maximum atomic E-state index is 12.4. The van der Waals surface area contributed by atoms with E-state index in [1.54, 1.807) is 13.2 Å². The van der Waals surface area contributed by atoms with Crippen LogP contribution >= 0.6 is 0 Å². The van der Waals surface area contributed by atoms with Crippen LogP contribution in [-0.2, 0) is 4.79 Å². The van der Waals surface area contributed by atoms with Gasteiger partial charge in [0.25, 0.3) is 5.91 Å². The largest absolute Gasteiger partial charge is 0.497 e. The predicted molar refractivity (Wildman–Crippen MR) is 121 cm³/mol. The summed E-state index contributed by atoms with van der Waals surface area (Å²) >= 11 is 0. The Morgan fingerprint density at radius 3 is 2.66 bits per heavy atom. The third-order valence-electron chi connectivity index (χ3n) is 4.73. The van der Waals surface area contributed by atoms with Crippen LogP contribution in [-0.4, -0.2) is 48.8 Å². The fourth-order valence-corrected chi connectivity index (χ4v) is 3.16. The molecule has 3 aromatic rings. The van der Waals surface area contributed by atoms with Gasteiger partial charge in [0.05, 0.1) is 7.11 Å². The lowest BCUT2D eigenvalue weighted by molar-refractivity contribution is -0.130. The van der Waals surface area contributed by atoms with Crippen molar-refractivity contribution in [2.45, 2.75) is 13.0 Å². The molecule has 9 nitrogen and oxygen atoms in total. The fraction of sp³-hybridized carbons (Fsp3) is 0.261. The molecular weight excluding hydrogens is 410 g/mol. The van der Waals surface area contributed by atoms with Crippen molar-refractivity contribution in [3.8, 4) is 17.2 Å². The Morgan fingerprint density at radius 2 is 1.88 bits per heavy atom. The molecule has 0 spiro atoms. The van der Waals surface area contributed by atoms with Gasteiger partial charge >= 0.3 is 0 Å². The van der Waals surface area contributed by atoms with Gasteiger partial charge in [-0.15, -0.1) is 0 Å². The lowest BCUT2D eigenvalue weighted by atomic mass is 10.2. The Morgan fingerprint density at radius 1 is 1.09 bits per heavy atom. The minimum atomic E-state index is -0.680. The third kappa shape index (κ3) is 5.37. The molecule has 0 fully saturated rings. The van der Waals surface area contributed by atoms with Crippen molar-refractivity contribution < 1.29 is 19.0 Å². The highest BCUT2D eigenvalue weighted by Crippen LogP contribution is 2.30. The lowest BCUT2D eigenvalue weighted by Gasteiger charge is -2.25. The molecule has 9 heteroatoms. The van der Waals surface area contributed by atoms with Gasteiger partial charge in [-0.1, -0.05) is 12.1 Å². The summed E-state index contributed by atoms with van der Waals surface area (Å²) in [6.45, 7) is 2.92. The highest BCUT2D eigenvalue weighted by Gasteiger charge is 2.26. The first-order chi connectivity index (χ1) is 15.6. The van der Waals surface area contributed by atoms with Gasteiger partial charge in [0.15, 0.2) is 11.5 Å². The van der Waals surface area contributed by atoms with Gasteiger partial charge in [-0.3, -0.25) is 4.79 Å². The summed E-state index contributed by atoms with van der Waals surface area (Å²) in [4.78, 5) is 21.3. The van der Waals surface area contributed by atoms with E-state index in [-0.39, 0.29) is 12.5 Å². The highest BCUT2D eigenvalue weighted by atomic mass is 16.6. The normalized spacial score (nSPS) is 14.4. The first-order valence-corrected chi connectivity index (χ1v) is 10.3. The van der Waals surface area contributed by atoms with Crippen molar-refractivity contribution in [2.75, 3.05) is 37.4 Å². The number of nitrogens with zero attached hydrogens (tertiary/aromatic N) is 2. The number of carbonyl (C=O) groups excluding carboxylic acids is 1. The average molecular weight is 435 g/mol. The number of amides is 1. The Labute approximate surface area is 186 Å². The molecule has 32 heavy (non-hydrogen) atoms. The second kappa shape index (κ2) is 9.86. The molecule has 1 aliphatic heterocycles. The molecule has 3 N–H and O–H groups in total. The molecule has 1 unspecified atom stereocenters. The summed E-state index contributed by atoms with van der Waals surface area (Å²) in [5.41, 5.74) is 1.70. The van der Waals surface area contributed by atoms with Gasteiger partial charge in [-0.25, -0.2) is 4.98 Å². The SMILES string of the molecule is COc1ccc(Nc2cc(C)nc(NCCNC(=O)C3COc4ccccc4O3)n2)cc1. The van der Waals surface area contributed by atoms with E-state index in [0.29, 0.717) is 36.4 Å². The highest BCUT2D eigenvalue weighted by molar-refractivity contribution is 5.81. The van der Waals surface area contributed by atoms with Gasteiger partial charge in [0.2, 0.25) is 12.1 Å². The lowest BCUT2D eigenvalue weighted by Crippen LogP contribution is -2.45. The van der Waals surface area contributed by atoms with Gasteiger partial charge in [-0.05, 0) is 43.3 Å². The number of para-hydroxylation sites is 2. The van der Waals surface area contributed by atoms with Gasteiger partial charge in [0.1, 0.15) is 18.2 Å². The summed E-state index contributed by atoms with van der Waals surface area (Å²) < 4.78 is 16.5. The minimum Gasteiger partial charge on any atom is -0.497 e. The van der Waals surface area contributed by atoms with E-state index in [0.717, 1.165) is 17.1 Å². The van der Waals surface area contributed by atoms with Crippen LogP contribution in [0.4, 0.5) is 17.5 Å². The van der Waals surface area contributed by atoms with E-state index in [9.17, 15) is 4.79 Å². The van der Waals surface area contributed by atoms with Crippen LogP contribution in [0.3, 0.4) is 0 Å². The molecular formula is C23H25N5O4. The molecule has 0 saturated carbocycles. The van der Waals surface area contributed by atoms with Crippen LogP contribution < -0.4 is 30.2 Å². The second-order valence-electron chi connectivity index (χ2n) is 7.15. The summed E-state index contributed by atoms with van der Waals surface area (Å²) in [5, 5.41) is 9.23. The van der Waals surface area contributed by atoms with Crippen LogP contribution in [0.2, 0.25) is 0 Å². The first-order valence-electron chi connectivity index (χ1n) is 10.3. The molecule has 4 rings (SSSR count). The van der Waals surface area contributed by atoms with Gasteiger partial charge in [0, 0.05) is 30.5 Å². The van der Waals surface area contributed by atoms with Gasteiger partial charge in [-0.2, -0.15) is 4.98 Å². The molecule has 0 radical (unpaired) electrons. The molecule has 1 aliphatic rings. The second-order valence-corrected chi connectivity index (χ2v) is 7.15. The number of hydrogen-bond acceptors (Lipinski definition) is 8. The zero-order valence-electron chi connectivity index (χ0n) is 17.9. The van der Waals surface area contributed by atoms with Crippen molar-refractivity contribution in [3.63, 3.8) is 0 Å². The number of hydrogen-bond donors (Lipinski definition) is 3. The predicted octanol–water partition coefficient (Wildman–Crippen LogP) is 2.91. The van der Waals surface area contributed by atoms with E-state index >= 15 is 0 Å². The number of methoxy groups -OCH3 is 1. The topological polar surface area (TPSA) is 107 Å². The van der Waals surface area contributed by atoms with E-state index in [4.69, 9.17) is 14.2 Å². The number of anilines is 3. The number of fused-ring (bicyclic) bond motifs is 1. The summed E-state index contributed by atoms with van der Waals surface area (Å²) in [7, 11) is 1.63. The standard InChI is InChI=1S/C23H25N5O4/c1-15-13-21(27-16-7-9-17(30-2)10-8-16)28-23(26-15)25-12-11-24-22(29)20-14-31-18-5-3-4-6-19(18)32-20/h3-10,13,20H,11-12,14H2,1-2H3,(H,24,29)(H2,25,26,27,28). The average Bonchev–Trinajstić information content (AvgIpc) is 2.81. The molecule has 0 saturated heterocycles. The van der Waals surface area contributed by atoms with Crippen LogP contribution in [0.5, 0.6) is 17.2 Å². The Kier molecular flexibility index (Phi) is 6.54. The Balaban J connectivity index is 1.26. The molecule has 166 valence electrons. The van der Waals surface area contributed by atoms with Crippen LogP contribution in [0.15, 0.2) is 54.6 Å². The zero-order chi connectivity index (χ0) is 22.3. The number of aromatic nitrogens is 2. The van der Waals surface area contributed by atoms with E-state index in [2.05, 4.69) is 25.9 Å². The van der Waals surface area contributed by atoms with E-state index in [1.165, 1.54) is 0 Å². The quantitative estimate of drug-likeness (QED) is 0.464. The van der Waals surface area contributed by atoms with Crippen molar-refractivity contribution >= 4 is 23.4 Å². The molecule has 2 aromatic carbocycles. The Bertz CT molecular complexity index is 1070. The summed E-state index contributed by atoms with van der Waals surface area (Å²) in [6.07, 6.45) is -0.680. The Hall–Kier alpha value is -4.01. The number of aryl methyl sites for hydroxylation is 1. The number of carbonyl (C=O) groups is 1. The van der Waals surface area contributed by atoms with E-state index in [1.807, 2.05) is 55.5 Å². The number of nitrogens with one attached hydrogen (secondary N) is 3. The monoisotopic (exact) mass is 435 g/mol. The zero-order valence-corrected chi connectivity index (χ0v) is 17.9. The van der Waals surface area contributed by atoms with Gasteiger partial charge < -0.3 is 30.2 Å². The smallest absolute Gasteiger partial charge is 0.264 e. The summed E-state index contributed by atoms with van der Waals surface area (Å²) in [5.74, 6) is 2.92. The van der Waals surface area contributed by atoms with E-state index < -0.39 is 6.10 Å². The third-order valence-corrected chi connectivity index (χ3v) is 4.73. The van der Waals surface area contributed by atoms with Crippen molar-refractivity contribution in [1.82, 2.24) is 15.3 Å². The van der Waals surface area contributed by atoms with Crippen LogP contribution in [0.25, 0.3) is 0 Å². The van der Waals surface area contributed by atoms with Crippen molar-refractivity contribution in [3.05, 3.63) is 60.3 Å². The number of ether oxygens (including phenoxy) is 3. The summed E-state index contributed by atoms with van der Waals surface area (Å²) in [6, 6.07) is 16.7. The van der Waals surface area contributed by atoms with Crippen molar-refractivity contribution in [1.29, 1.82) is 0 Å². The maximum absolute atomic E-state index is 12.4. The van der Waals surface area contributed by atoms with Crippen LogP contribution in [0.1, 0.15) is 5.69 Å². The number of benzene rings is 2. The molecule has 0 aliphatic carbocycles. The molecule has 1 amide bonds. The van der Waals surface area contributed by atoms with Crippen molar-refractivity contribution in [2.24, 2.45) is 0 Å². The molecule has 0 bridgehead atoms. The van der Waals surface area contributed by atoms with Crippen LogP contribution in [0, 0.1) is 6.92 Å². The maximum Gasteiger partial charge on any atom is 0.264 e. The first kappa shape index (κ1) is 21.2.